The summed E-state index contributed by atoms with van der Waals surface area (Å²) in [5.41, 5.74) is 0. The summed E-state index contributed by atoms with van der Waals surface area (Å²) < 4.78 is 6.45. The number of rotatable bonds is 12. The van der Waals surface area contributed by atoms with Crippen molar-refractivity contribution in [2.45, 2.75) is 71.0 Å². The Hall–Kier alpha value is -0.120. The summed E-state index contributed by atoms with van der Waals surface area (Å²) in [7, 11) is 6.19. The van der Waals surface area contributed by atoms with Gasteiger partial charge in [0.1, 0.15) is 12.6 Å². The van der Waals surface area contributed by atoms with Gasteiger partial charge in [-0.25, -0.2) is 0 Å². The van der Waals surface area contributed by atoms with E-state index in [-0.39, 0.29) is 6.10 Å². The molecule has 116 valence electrons. The highest BCUT2D eigenvalue weighted by atomic mass is 16.5. The molecule has 0 aromatic carbocycles. The summed E-state index contributed by atoms with van der Waals surface area (Å²) in [4.78, 5) is 0. The second-order valence-corrected chi connectivity index (χ2v) is 6.54. The molecule has 0 aliphatic heterocycles. The lowest BCUT2D eigenvalue weighted by atomic mass is 10.1. The third kappa shape index (κ3) is 11.4. The van der Waals surface area contributed by atoms with Crippen LogP contribution < -0.4 is 0 Å². The van der Waals surface area contributed by atoms with Gasteiger partial charge in [-0.3, -0.25) is 0 Å². The topological polar surface area (TPSA) is 29.5 Å². The van der Waals surface area contributed by atoms with Crippen molar-refractivity contribution in [2.24, 2.45) is 0 Å². The minimum atomic E-state index is -0.231. The lowest BCUT2D eigenvalue weighted by molar-refractivity contribution is -0.893. The molecule has 0 rings (SSSR count). The summed E-state index contributed by atoms with van der Waals surface area (Å²) in [5, 5.41) is 9.49. The van der Waals surface area contributed by atoms with Gasteiger partial charge in [0.2, 0.25) is 0 Å². The third-order valence-electron chi connectivity index (χ3n) is 3.78. The van der Waals surface area contributed by atoms with Crippen molar-refractivity contribution in [1.82, 2.24) is 0 Å². The molecule has 19 heavy (non-hydrogen) atoms. The van der Waals surface area contributed by atoms with Gasteiger partial charge in [0.15, 0.2) is 0 Å². The zero-order valence-corrected chi connectivity index (χ0v) is 13.8. The first-order valence-electron chi connectivity index (χ1n) is 7.94. The summed E-state index contributed by atoms with van der Waals surface area (Å²) in [6.45, 7) is 5.99. The number of methoxy groups -OCH3 is 1. The first kappa shape index (κ1) is 18.9. The first-order chi connectivity index (χ1) is 8.91. The average molecular weight is 274 g/mol. The van der Waals surface area contributed by atoms with Crippen LogP contribution in [0.1, 0.15) is 58.8 Å². The van der Waals surface area contributed by atoms with Crippen LogP contribution in [0.4, 0.5) is 0 Å². The molecule has 0 aliphatic rings. The Balaban J connectivity index is 3.80. The van der Waals surface area contributed by atoms with Crippen LogP contribution in [0.2, 0.25) is 0 Å². The van der Waals surface area contributed by atoms with Crippen molar-refractivity contribution >= 4 is 0 Å². The first-order valence-corrected chi connectivity index (χ1v) is 7.94. The van der Waals surface area contributed by atoms with Crippen molar-refractivity contribution < 1.29 is 14.3 Å². The fraction of sp³-hybridized carbons (Fsp3) is 1.00. The highest BCUT2D eigenvalue weighted by molar-refractivity contribution is 4.59. The van der Waals surface area contributed by atoms with Gasteiger partial charge in [-0.05, 0) is 13.3 Å². The van der Waals surface area contributed by atoms with Crippen LogP contribution in [0, 0.1) is 0 Å². The lowest BCUT2D eigenvalue weighted by Gasteiger charge is -2.32. The zero-order chi connectivity index (χ0) is 14.7. The van der Waals surface area contributed by atoms with E-state index >= 15 is 0 Å². The Bertz CT molecular complexity index is 205. The van der Waals surface area contributed by atoms with E-state index in [1.807, 2.05) is 14.0 Å². The molecule has 3 heteroatoms. The predicted octanol–water partition coefficient (Wildman–Crippen LogP) is 3.21. The van der Waals surface area contributed by atoms with E-state index in [1.165, 1.54) is 38.5 Å². The summed E-state index contributed by atoms with van der Waals surface area (Å²) in [5.74, 6) is 0. The summed E-state index contributed by atoms with van der Waals surface area (Å²) in [6, 6.07) is 0. The van der Waals surface area contributed by atoms with Gasteiger partial charge in [-0.2, -0.15) is 0 Å². The molecule has 0 radical (unpaired) electrons. The molecule has 0 saturated heterocycles. The second-order valence-electron chi connectivity index (χ2n) is 6.54. The maximum atomic E-state index is 9.49. The molecule has 2 atom stereocenters. The number of quaternary nitrogens is 1. The molecule has 3 nitrogen and oxygen atoms in total. The molecule has 0 spiro atoms. The molecule has 0 heterocycles. The van der Waals surface area contributed by atoms with Crippen LogP contribution >= 0.6 is 0 Å². The fourth-order valence-corrected chi connectivity index (χ4v) is 2.66. The molecule has 0 aromatic rings. The SMILES string of the molecule is CCCCCCCC(CC[N+](C)(C)CC(C)O)OC. The lowest BCUT2D eigenvalue weighted by Crippen LogP contribution is -2.46. The Labute approximate surface area is 120 Å². The molecule has 1 N–H and O–H groups in total. The molecule has 0 aliphatic carbocycles. The number of nitrogens with zero attached hydrogens (tertiary/aromatic N) is 1. The summed E-state index contributed by atoms with van der Waals surface area (Å²) in [6.07, 6.45) is 9.05. The van der Waals surface area contributed by atoms with E-state index in [0.717, 1.165) is 24.0 Å². The summed E-state index contributed by atoms with van der Waals surface area (Å²) >= 11 is 0. The third-order valence-corrected chi connectivity index (χ3v) is 3.78. The van der Waals surface area contributed by atoms with Gasteiger partial charge in [-0.1, -0.05) is 39.0 Å². The maximum absolute atomic E-state index is 9.49. The fourth-order valence-electron chi connectivity index (χ4n) is 2.66. The standard InChI is InChI=1S/C16H36NO2/c1-6-7-8-9-10-11-16(19-5)12-13-17(3,4)14-15(2)18/h15-16,18H,6-14H2,1-5H3/q+1. The largest absolute Gasteiger partial charge is 0.388 e. The molecular weight excluding hydrogens is 238 g/mol. The van der Waals surface area contributed by atoms with Crippen molar-refractivity contribution in [3.8, 4) is 0 Å². The van der Waals surface area contributed by atoms with Crippen LogP contribution in [0.25, 0.3) is 0 Å². The molecule has 0 saturated carbocycles. The van der Waals surface area contributed by atoms with E-state index in [4.69, 9.17) is 4.74 Å². The van der Waals surface area contributed by atoms with Crippen LogP contribution in [-0.2, 0) is 4.74 Å². The Morgan fingerprint density at radius 2 is 1.68 bits per heavy atom. The van der Waals surface area contributed by atoms with E-state index in [9.17, 15) is 5.11 Å². The van der Waals surface area contributed by atoms with E-state index in [2.05, 4.69) is 21.0 Å². The maximum Gasteiger partial charge on any atom is 0.104 e. The van der Waals surface area contributed by atoms with Gasteiger partial charge < -0.3 is 14.3 Å². The van der Waals surface area contributed by atoms with Crippen LogP contribution in [0.5, 0.6) is 0 Å². The van der Waals surface area contributed by atoms with Crippen LogP contribution in [0.15, 0.2) is 0 Å². The highest BCUT2D eigenvalue weighted by Crippen LogP contribution is 2.13. The molecule has 2 unspecified atom stereocenters. The minimum Gasteiger partial charge on any atom is -0.388 e. The predicted molar refractivity (Wildman–Crippen MR) is 82.3 cm³/mol. The molecule has 0 bridgehead atoms. The van der Waals surface area contributed by atoms with Gasteiger partial charge in [-0.15, -0.1) is 0 Å². The van der Waals surface area contributed by atoms with Crippen molar-refractivity contribution in [2.75, 3.05) is 34.3 Å². The number of hydrogen-bond acceptors (Lipinski definition) is 2. The van der Waals surface area contributed by atoms with E-state index in [0.29, 0.717) is 6.10 Å². The van der Waals surface area contributed by atoms with E-state index in [1.54, 1.807) is 0 Å². The van der Waals surface area contributed by atoms with Gasteiger partial charge in [0, 0.05) is 13.5 Å². The molecular formula is C16H36NO2+. The van der Waals surface area contributed by atoms with Crippen molar-refractivity contribution in [3.63, 3.8) is 0 Å². The number of hydrogen-bond donors (Lipinski definition) is 1. The second kappa shape index (κ2) is 10.6. The minimum absolute atomic E-state index is 0.231. The van der Waals surface area contributed by atoms with Gasteiger partial charge in [0.05, 0.1) is 26.7 Å². The number of unbranched alkanes of at least 4 members (excludes halogenated alkanes) is 4. The van der Waals surface area contributed by atoms with E-state index < -0.39 is 0 Å². The van der Waals surface area contributed by atoms with Gasteiger partial charge >= 0.3 is 0 Å². The van der Waals surface area contributed by atoms with Crippen molar-refractivity contribution in [1.29, 1.82) is 0 Å². The monoisotopic (exact) mass is 274 g/mol. The smallest absolute Gasteiger partial charge is 0.104 e. The Morgan fingerprint density at radius 3 is 2.21 bits per heavy atom. The Morgan fingerprint density at radius 1 is 1.05 bits per heavy atom. The normalized spacial score (nSPS) is 15.5. The average Bonchev–Trinajstić information content (AvgIpc) is 2.31. The zero-order valence-electron chi connectivity index (χ0n) is 13.8. The molecule has 0 amide bonds. The quantitative estimate of drug-likeness (QED) is 0.437. The number of likely N-dealkylation sites (N-methyl/N-ethyl adjacent to an activating group) is 1. The van der Waals surface area contributed by atoms with Crippen LogP contribution in [-0.4, -0.2) is 56.1 Å². The number of aliphatic hydroxyl groups is 1. The van der Waals surface area contributed by atoms with Crippen LogP contribution in [0.3, 0.4) is 0 Å². The Kier molecular flexibility index (Phi) is 10.6. The number of ether oxygens (including phenoxy) is 1. The number of aliphatic hydroxyl groups excluding tert-OH is 1. The molecule has 0 fully saturated rings. The van der Waals surface area contributed by atoms with Crippen molar-refractivity contribution in [3.05, 3.63) is 0 Å². The van der Waals surface area contributed by atoms with Gasteiger partial charge in [0.25, 0.3) is 0 Å². The molecule has 0 aromatic heterocycles. The highest BCUT2D eigenvalue weighted by Gasteiger charge is 2.20.